The number of carbonyl (C=O) groups excluding carboxylic acids is 1. The van der Waals surface area contributed by atoms with Gasteiger partial charge in [0.25, 0.3) is 0 Å². The first kappa shape index (κ1) is 35.7. The molecule has 2 atom stereocenters. The van der Waals surface area contributed by atoms with Gasteiger partial charge in [0, 0.05) is 24.6 Å². The quantitative estimate of drug-likeness (QED) is 0.110. The third-order valence-corrected chi connectivity index (χ3v) is 10.7. The number of nitrogens with zero attached hydrogens (tertiary/aromatic N) is 2. The lowest BCUT2D eigenvalue weighted by Gasteiger charge is -2.34. The van der Waals surface area contributed by atoms with Gasteiger partial charge < -0.3 is 28.9 Å². The summed E-state index contributed by atoms with van der Waals surface area (Å²) in [7, 11) is -1.41. The molecule has 1 aliphatic carbocycles. The first-order valence-electron chi connectivity index (χ1n) is 15.1. The van der Waals surface area contributed by atoms with Gasteiger partial charge in [0.2, 0.25) is 10.0 Å². The van der Waals surface area contributed by atoms with Gasteiger partial charge in [-0.25, -0.2) is 8.42 Å². The molecule has 2 aliphatic rings. The van der Waals surface area contributed by atoms with Crippen molar-refractivity contribution < 1.29 is 50.4 Å². The molecule has 1 aromatic heterocycles. The van der Waals surface area contributed by atoms with Crippen LogP contribution in [-0.2, 0) is 26.0 Å². The number of aromatic nitrogens is 1. The summed E-state index contributed by atoms with van der Waals surface area (Å²) in [5.74, 6) is -0.225. The highest BCUT2D eigenvalue weighted by atomic mass is 35.5. The number of rotatable bonds is 14. The zero-order valence-electron chi connectivity index (χ0n) is 26.1. The standard InChI is InChI=1S/C32H34Cl2F2N2O9S/c1-43-26-11-9-21(14-29(26)44-2)48(41,42)38-12-4-3-5-25(38)31(39)46-28(15-22-23(33)16-37(40)17-24(22)34)20-8-10-27(47-32(35)36)30(13-20)45-18-19-6-7-19/h8-11,13-14,16-17,19,25,28,32H,3-7,12,15,18H2,1-2H3/t25-,28-/m0/s1. The number of esters is 1. The first-order valence-corrected chi connectivity index (χ1v) is 17.3. The number of ether oxygens (including phenoxy) is 5. The van der Waals surface area contributed by atoms with E-state index in [0.29, 0.717) is 28.9 Å². The van der Waals surface area contributed by atoms with Crippen molar-refractivity contribution in [1.82, 2.24) is 4.31 Å². The Morgan fingerprint density at radius 3 is 2.31 bits per heavy atom. The van der Waals surface area contributed by atoms with Gasteiger partial charge in [-0.15, -0.1) is 0 Å². The van der Waals surface area contributed by atoms with Crippen molar-refractivity contribution in [3.05, 3.63) is 75.2 Å². The number of hydrogen-bond acceptors (Lipinski definition) is 9. The van der Waals surface area contributed by atoms with Gasteiger partial charge in [0.15, 0.2) is 35.4 Å². The summed E-state index contributed by atoms with van der Waals surface area (Å²) in [6.07, 6.45) is 4.01. The van der Waals surface area contributed by atoms with Crippen LogP contribution < -0.4 is 23.7 Å². The van der Waals surface area contributed by atoms with Crippen LogP contribution in [0.5, 0.6) is 23.0 Å². The van der Waals surface area contributed by atoms with E-state index in [-0.39, 0.29) is 69.7 Å². The summed E-state index contributed by atoms with van der Waals surface area (Å²) >= 11 is 12.7. The summed E-state index contributed by atoms with van der Waals surface area (Å²) in [5, 5.41) is 11.9. The van der Waals surface area contributed by atoms with Gasteiger partial charge in [-0.2, -0.15) is 17.8 Å². The van der Waals surface area contributed by atoms with Crippen LogP contribution in [0.25, 0.3) is 0 Å². The zero-order valence-corrected chi connectivity index (χ0v) is 28.4. The van der Waals surface area contributed by atoms with Gasteiger partial charge >= 0.3 is 12.6 Å². The fourth-order valence-electron chi connectivity index (χ4n) is 5.42. The average Bonchev–Trinajstić information content (AvgIpc) is 3.89. The van der Waals surface area contributed by atoms with E-state index in [1.807, 2.05) is 0 Å². The fourth-order valence-corrected chi connectivity index (χ4v) is 7.68. The van der Waals surface area contributed by atoms with Crippen molar-refractivity contribution >= 4 is 39.2 Å². The fraction of sp³-hybridized carbons (Fsp3) is 0.438. The highest BCUT2D eigenvalue weighted by Gasteiger charge is 2.40. The Hall–Kier alpha value is -3.59. The maximum absolute atomic E-state index is 14.0. The van der Waals surface area contributed by atoms with Crippen LogP contribution in [0.1, 0.15) is 49.3 Å². The Morgan fingerprint density at radius 2 is 1.67 bits per heavy atom. The topological polar surface area (TPSA) is 128 Å². The van der Waals surface area contributed by atoms with Gasteiger partial charge in [-0.05, 0) is 67.9 Å². The molecule has 16 heteroatoms. The largest absolute Gasteiger partial charge is 0.619 e. The Bertz CT molecular complexity index is 1720. The molecule has 3 aromatic rings. The van der Waals surface area contributed by atoms with Gasteiger partial charge in [0.05, 0.1) is 25.7 Å². The summed E-state index contributed by atoms with van der Waals surface area (Å²) < 4.78 is 82.8. The second-order valence-electron chi connectivity index (χ2n) is 11.4. The summed E-state index contributed by atoms with van der Waals surface area (Å²) in [6.45, 7) is -2.78. The van der Waals surface area contributed by atoms with Crippen molar-refractivity contribution in [2.24, 2.45) is 5.92 Å². The lowest BCUT2D eigenvalue weighted by atomic mass is 10.0. The number of methoxy groups -OCH3 is 2. The van der Waals surface area contributed by atoms with E-state index in [0.717, 1.165) is 29.5 Å². The molecule has 0 unspecified atom stereocenters. The second kappa shape index (κ2) is 15.3. The molecule has 11 nitrogen and oxygen atoms in total. The van der Waals surface area contributed by atoms with Crippen molar-refractivity contribution in [2.45, 2.75) is 62.2 Å². The smallest absolute Gasteiger partial charge is 0.387 e. The highest BCUT2D eigenvalue weighted by molar-refractivity contribution is 7.89. The van der Waals surface area contributed by atoms with Gasteiger partial charge in [0.1, 0.15) is 22.2 Å². The first-order chi connectivity index (χ1) is 22.9. The maximum atomic E-state index is 14.0. The Morgan fingerprint density at radius 1 is 0.979 bits per heavy atom. The summed E-state index contributed by atoms with van der Waals surface area (Å²) in [5.41, 5.74) is 0.585. The molecular formula is C32H34Cl2F2N2O9S. The molecule has 1 aliphatic heterocycles. The van der Waals surface area contributed by atoms with E-state index < -0.39 is 34.7 Å². The Kier molecular flexibility index (Phi) is 11.4. The number of carbonyl (C=O) groups is 1. The molecule has 5 rings (SSSR count). The number of halogens is 4. The van der Waals surface area contributed by atoms with Crippen LogP contribution in [0.15, 0.2) is 53.7 Å². The molecule has 2 fully saturated rings. The van der Waals surface area contributed by atoms with Crippen LogP contribution in [0.4, 0.5) is 8.78 Å². The van der Waals surface area contributed by atoms with Crippen molar-refractivity contribution in [1.29, 1.82) is 0 Å². The number of alkyl halides is 2. The predicted molar refractivity (Wildman–Crippen MR) is 170 cm³/mol. The predicted octanol–water partition coefficient (Wildman–Crippen LogP) is 6.10. The Labute approximate surface area is 286 Å². The normalized spacial score (nSPS) is 17.5. The maximum Gasteiger partial charge on any atom is 0.387 e. The van der Waals surface area contributed by atoms with E-state index in [1.54, 1.807) is 0 Å². The van der Waals surface area contributed by atoms with Crippen LogP contribution in [-0.4, -0.2) is 58.7 Å². The Balaban J connectivity index is 1.49. The highest BCUT2D eigenvalue weighted by Crippen LogP contribution is 2.39. The molecule has 1 saturated carbocycles. The minimum Gasteiger partial charge on any atom is -0.619 e. The third kappa shape index (κ3) is 8.33. The minimum atomic E-state index is -4.22. The van der Waals surface area contributed by atoms with Crippen molar-refractivity contribution in [3.8, 4) is 23.0 Å². The lowest BCUT2D eigenvalue weighted by Crippen LogP contribution is -2.48. The second-order valence-corrected chi connectivity index (χ2v) is 14.1. The minimum absolute atomic E-state index is 0.00302. The molecule has 0 radical (unpaired) electrons. The number of pyridine rings is 1. The van der Waals surface area contributed by atoms with Crippen LogP contribution in [0, 0.1) is 11.1 Å². The van der Waals surface area contributed by atoms with Crippen molar-refractivity contribution in [2.75, 3.05) is 27.4 Å². The molecule has 0 spiro atoms. The van der Waals surface area contributed by atoms with E-state index >= 15 is 0 Å². The van der Waals surface area contributed by atoms with E-state index in [1.165, 1.54) is 50.6 Å². The van der Waals surface area contributed by atoms with E-state index in [2.05, 4.69) is 4.74 Å². The lowest BCUT2D eigenvalue weighted by molar-refractivity contribution is -0.605. The number of sulfonamides is 1. The molecule has 48 heavy (non-hydrogen) atoms. The molecule has 2 aromatic carbocycles. The number of hydrogen-bond donors (Lipinski definition) is 0. The monoisotopic (exact) mass is 730 g/mol. The number of piperidine rings is 1. The third-order valence-electron chi connectivity index (χ3n) is 8.12. The van der Waals surface area contributed by atoms with Crippen LogP contribution in [0.2, 0.25) is 10.0 Å². The van der Waals surface area contributed by atoms with Crippen molar-refractivity contribution in [3.63, 3.8) is 0 Å². The molecular weight excluding hydrogens is 697 g/mol. The molecule has 0 N–H and O–H groups in total. The van der Waals surface area contributed by atoms with Crippen LogP contribution in [0.3, 0.4) is 0 Å². The van der Waals surface area contributed by atoms with Gasteiger partial charge in [-0.1, -0.05) is 29.3 Å². The molecule has 0 bridgehead atoms. The SMILES string of the molecule is COc1ccc(S(=O)(=O)N2CCCC[C@H]2C(=O)O[C@@H](Cc2c(Cl)c[n+]([O-])cc2Cl)c2ccc(OC(F)F)c(OCC3CC3)c2)cc1OC. The summed E-state index contributed by atoms with van der Waals surface area (Å²) in [4.78, 5) is 13.9. The van der Waals surface area contributed by atoms with Gasteiger partial charge in [-0.3, -0.25) is 4.79 Å². The molecule has 2 heterocycles. The number of benzene rings is 2. The zero-order chi connectivity index (χ0) is 34.6. The molecule has 1 saturated heterocycles. The average molecular weight is 732 g/mol. The summed E-state index contributed by atoms with van der Waals surface area (Å²) in [6, 6.07) is 7.08. The van der Waals surface area contributed by atoms with E-state index in [9.17, 15) is 27.2 Å². The van der Waals surface area contributed by atoms with Crippen LogP contribution >= 0.6 is 23.2 Å². The van der Waals surface area contributed by atoms with E-state index in [4.69, 9.17) is 42.1 Å². The molecule has 0 amide bonds. The molecule has 260 valence electrons.